The summed E-state index contributed by atoms with van der Waals surface area (Å²) in [6.07, 6.45) is 1.94. The normalized spacial score (nSPS) is 32.2. The second-order valence-electron chi connectivity index (χ2n) is 5.03. The Morgan fingerprint density at radius 2 is 2.21 bits per heavy atom. The molecule has 3 heteroatoms. The van der Waals surface area contributed by atoms with Crippen LogP contribution in [0.3, 0.4) is 0 Å². The van der Waals surface area contributed by atoms with Crippen molar-refractivity contribution < 1.29 is 14.6 Å². The first-order chi connectivity index (χ1) is 6.29. The lowest BCUT2D eigenvalue weighted by atomic mass is 9.78. The molecule has 1 aliphatic carbocycles. The van der Waals surface area contributed by atoms with Crippen molar-refractivity contribution in [3.63, 3.8) is 0 Å². The molecule has 0 aromatic rings. The summed E-state index contributed by atoms with van der Waals surface area (Å²) in [5.41, 5.74) is -1.24. The molecule has 0 heterocycles. The molecule has 0 spiro atoms. The molecule has 0 saturated heterocycles. The maximum Gasteiger partial charge on any atom is 0.311 e. The average Bonchev–Trinajstić information content (AvgIpc) is 2.12. The lowest BCUT2D eigenvalue weighted by molar-refractivity contribution is -0.193. The largest absolute Gasteiger partial charge is 0.459 e. The van der Waals surface area contributed by atoms with Crippen LogP contribution in [0.25, 0.3) is 0 Å². The number of aliphatic hydroxyl groups is 1. The maximum absolute atomic E-state index is 11.7. The van der Waals surface area contributed by atoms with Crippen LogP contribution < -0.4 is 0 Å². The fourth-order valence-corrected chi connectivity index (χ4v) is 1.30. The molecule has 1 aliphatic rings. The first kappa shape index (κ1) is 11.5. The predicted octanol–water partition coefficient (Wildman–Crippen LogP) is 1.88. The zero-order chi connectivity index (χ0) is 11.0. The van der Waals surface area contributed by atoms with Gasteiger partial charge in [0.05, 0.1) is 11.0 Å². The minimum atomic E-state index is -0.806. The Hall–Kier alpha value is -0.570. The van der Waals surface area contributed by atoms with E-state index in [0.717, 1.165) is 19.3 Å². The van der Waals surface area contributed by atoms with Crippen LogP contribution in [0.1, 0.15) is 47.0 Å². The molecule has 1 fully saturated rings. The quantitative estimate of drug-likeness (QED) is 0.707. The van der Waals surface area contributed by atoms with Crippen LogP contribution in [0.2, 0.25) is 0 Å². The molecule has 14 heavy (non-hydrogen) atoms. The molecule has 2 unspecified atom stereocenters. The van der Waals surface area contributed by atoms with Gasteiger partial charge in [0.15, 0.2) is 0 Å². The highest BCUT2D eigenvalue weighted by Crippen LogP contribution is 2.36. The first-order valence-corrected chi connectivity index (χ1v) is 5.23. The molecule has 0 aromatic carbocycles. The van der Waals surface area contributed by atoms with Gasteiger partial charge in [0.2, 0.25) is 0 Å². The van der Waals surface area contributed by atoms with E-state index in [1.54, 1.807) is 6.92 Å². The van der Waals surface area contributed by atoms with Crippen molar-refractivity contribution in [2.45, 2.75) is 58.7 Å². The van der Waals surface area contributed by atoms with Crippen LogP contribution in [0, 0.1) is 5.41 Å². The first-order valence-electron chi connectivity index (χ1n) is 5.23. The van der Waals surface area contributed by atoms with E-state index in [1.807, 2.05) is 20.8 Å². The Balaban J connectivity index is 2.50. The van der Waals surface area contributed by atoms with E-state index >= 15 is 0 Å². The SMILES string of the molecule is CCC(C)(C)C(=O)OC1CCC1(C)O. The van der Waals surface area contributed by atoms with Gasteiger partial charge in [-0.3, -0.25) is 4.79 Å². The number of carbonyl (C=O) groups excluding carboxylic acids is 1. The van der Waals surface area contributed by atoms with E-state index in [9.17, 15) is 9.90 Å². The maximum atomic E-state index is 11.7. The van der Waals surface area contributed by atoms with E-state index in [2.05, 4.69) is 0 Å². The van der Waals surface area contributed by atoms with Crippen molar-refractivity contribution in [3.05, 3.63) is 0 Å². The van der Waals surface area contributed by atoms with Gasteiger partial charge in [-0.25, -0.2) is 0 Å². The minimum absolute atomic E-state index is 0.204. The second-order valence-corrected chi connectivity index (χ2v) is 5.03. The Morgan fingerprint density at radius 3 is 2.50 bits per heavy atom. The van der Waals surface area contributed by atoms with E-state index in [0.29, 0.717) is 0 Å². The zero-order valence-electron chi connectivity index (χ0n) is 9.46. The van der Waals surface area contributed by atoms with Gasteiger partial charge in [-0.1, -0.05) is 6.92 Å². The second kappa shape index (κ2) is 3.54. The van der Waals surface area contributed by atoms with E-state index in [1.165, 1.54) is 0 Å². The summed E-state index contributed by atoms with van der Waals surface area (Å²) in [5, 5.41) is 9.68. The highest BCUT2D eigenvalue weighted by atomic mass is 16.6. The Kier molecular flexibility index (Phi) is 2.91. The summed E-state index contributed by atoms with van der Waals surface area (Å²) in [6.45, 7) is 7.40. The van der Waals surface area contributed by atoms with Crippen molar-refractivity contribution >= 4 is 5.97 Å². The van der Waals surface area contributed by atoms with Crippen LogP contribution in [-0.2, 0) is 9.53 Å². The Labute approximate surface area is 85.5 Å². The van der Waals surface area contributed by atoms with Crippen LogP contribution in [0.5, 0.6) is 0 Å². The summed E-state index contributed by atoms with van der Waals surface area (Å²) in [7, 11) is 0. The molecule has 82 valence electrons. The summed E-state index contributed by atoms with van der Waals surface area (Å²) >= 11 is 0. The van der Waals surface area contributed by atoms with Gasteiger partial charge in [-0.2, -0.15) is 0 Å². The number of hydrogen-bond donors (Lipinski definition) is 1. The molecule has 0 amide bonds. The number of ether oxygens (including phenoxy) is 1. The van der Waals surface area contributed by atoms with Gasteiger partial charge < -0.3 is 9.84 Å². The lowest BCUT2D eigenvalue weighted by Gasteiger charge is -2.42. The smallest absolute Gasteiger partial charge is 0.311 e. The summed E-state index contributed by atoms with van der Waals surface area (Å²) in [4.78, 5) is 11.7. The van der Waals surface area contributed by atoms with E-state index < -0.39 is 11.0 Å². The lowest BCUT2D eigenvalue weighted by Crippen LogP contribution is -2.52. The molecule has 1 rings (SSSR count). The van der Waals surface area contributed by atoms with Gasteiger partial charge >= 0.3 is 5.97 Å². The summed E-state index contributed by atoms with van der Waals surface area (Å²) < 4.78 is 5.27. The molecule has 0 bridgehead atoms. The molecule has 0 aromatic heterocycles. The highest BCUT2D eigenvalue weighted by Gasteiger charge is 2.45. The number of carbonyl (C=O) groups is 1. The number of hydrogen-bond acceptors (Lipinski definition) is 3. The van der Waals surface area contributed by atoms with Crippen molar-refractivity contribution in [2.24, 2.45) is 5.41 Å². The van der Waals surface area contributed by atoms with Gasteiger partial charge in [0, 0.05) is 0 Å². The predicted molar refractivity (Wildman–Crippen MR) is 53.8 cm³/mol. The fraction of sp³-hybridized carbons (Fsp3) is 0.909. The third-order valence-corrected chi connectivity index (χ3v) is 3.29. The third kappa shape index (κ3) is 2.08. The van der Waals surface area contributed by atoms with Crippen LogP contribution in [-0.4, -0.2) is 22.8 Å². The molecule has 0 aliphatic heterocycles. The average molecular weight is 200 g/mol. The molecule has 0 radical (unpaired) electrons. The van der Waals surface area contributed by atoms with E-state index in [4.69, 9.17) is 4.74 Å². The zero-order valence-corrected chi connectivity index (χ0v) is 9.46. The molecular weight excluding hydrogens is 180 g/mol. The number of rotatable bonds is 3. The monoisotopic (exact) mass is 200 g/mol. The van der Waals surface area contributed by atoms with E-state index in [-0.39, 0.29) is 12.1 Å². The fourth-order valence-electron chi connectivity index (χ4n) is 1.30. The van der Waals surface area contributed by atoms with Crippen LogP contribution >= 0.6 is 0 Å². The van der Waals surface area contributed by atoms with Crippen molar-refractivity contribution in [3.8, 4) is 0 Å². The van der Waals surface area contributed by atoms with Crippen LogP contribution in [0.4, 0.5) is 0 Å². The van der Waals surface area contributed by atoms with Gasteiger partial charge in [0.1, 0.15) is 6.10 Å². The highest BCUT2D eigenvalue weighted by molar-refractivity contribution is 5.76. The number of esters is 1. The Morgan fingerprint density at radius 1 is 1.64 bits per heavy atom. The minimum Gasteiger partial charge on any atom is -0.459 e. The molecule has 1 saturated carbocycles. The van der Waals surface area contributed by atoms with Gasteiger partial charge in [-0.15, -0.1) is 0 Å². The molecule has 3 nitrogen and oxygen atoms in total. The summed E-state index contributed by atoms with van der Waals surface area (Å²) in [5.74, 6) is -0.204. The van der Waals surface area contributed by atoms with Gasteiger partial charge in [-0.05, 0) is 40.0 Å². The third-order valence-electron chi connectivity index (χ3n) is 3.29. The topological polar surface area (TPSA) is 46.5 Å². The van der Waals surface area contributed by atoms with Gasteiger partial charge in [0.25, 0.3) is 0 Å². The standard InChI is InChI=1S/C11H20O3/c1-5-10(2,3)9(12)14-8-6-7-11(8,4)13/h8,13H,5-7H2,1-4H3. The molecular formula is C11H20O3. The van der Waals surface area contributed by atoms with Crippen molar-refractivity contribution in [2.75, 3.05) is 0 Å². The Bertz CT molecular complexity index is 231. The van der Waals surface area contributed by atoms with Crippen LogP contribution in [0.15, 0.2) is 0 Å². The summed E-state index contributed by atoms with van der Waals surface area (Å²) in [6, 6.07) is 0. The van der Waals surface area contributed by atoms with Crippen molar-refractivity contribution in [1.82, 2.24) is 0 Å². The molecule has 1 N–H and O–H groups in total. The van der Waals surface area contributed by atoms with Crippen molar-refractivity contribution in [1.29, 1.82) is 0 Å². The molecule has 2 atom stereocenters.